The van der Waals surface area contributed by atoms with E-state index < -0.39 is 5.97 Å². The molecule has 0 aliphatic rings. The first kappa shape index (κ1) is 24.6. The monoisotopic (exact) mass is 486 g/mol. The first-order chi connectivity index (χ1) is 16.0. The van der Waals surface area contributed by atoms with Crippen molar-refractivity contribution in [1.82, 2.24) is 0 Å². The van der Waals surface area contributed by atoms with E-state index in [0.29, 0.717) is 39.3 Å². The SMILES string of the molecule is CCCCCOc1ccc(C(=O)Oc2ccc(N=Nc3ccc(Cl)c(Cl)c3)cc2OC)cc1. The number of carbonyl (C=O) groups excluding carboxylic acids is 1. The number of nitrogens with zero attached hydrogens (tertiary/aromatic N) is 2. The van der Waals surface area contributed by atoms with Gasteiger partial charge in [0.15, 0.2) is 11.5 Å². The highest BCUT2D eigenvalue weighted by Crippen LogP contribution is 2.33. The van der Waals surface area contributed by atoms with Crippen molar-refractivity contribution in [3.63, 3.8) is 0 Å². The van der Waals surface area contributed by atoms with E-state index in [9.17, 15) is 4.79 Å². The fraction of sp³-hybridized carbons (Fsp3) is 0.240. The second-order valence-electron chi connectivity index (χ2n) is 7.10. The second kappa shape index (κ2) is 12.2. The summed E-state index contributed by atoms with van der Waals surface area (Å²) in [7, 11) is 1.48. The van der Waals surface area contributed by atoms with Gasteiger partial charge in [-0.15, -0.1) is 0 Å². The largest absolute Gasteiger partial charge is 0.494 e. The summed E-state index contributed by atoms with van der Waals surface area (Å²) in [4.78, 5) is 12.6. The summed E-state index contributed by atoms with van der Waals surface area (Å²) in [6.45, 7) is 2.80. The van der Waals surface area contributed by atoms with Gasteiger partial charge in [0.25, 0.3) is 0 Å². The number of azo groups is 1. The number of ether oxygens (including phenoxy) is 3. The predicted octanol–water partition coefficient (Wildman–Crippen LogP) is 8.21. The van der Waals surface area contributed by atoms with Crippen LogP contribution in [0.4, 0.5) is 11.4 Å². The maximum absolute atomic E-state index is 12.6. The molecular formula is C25H24Cl2N2O4. The van der Waals surface area contributed by atoms with Crippen molar-refractivity contribution in [1.29, 1.82) is 0 Å². The molecule has 0 aliphatic heterocycles. The maximum Gasteiger partial charge on any atom is 0.343 e. The third-order valence-corrected chi connectivity index (χ3v) is 5.38. The van der Waals surface area contributed by atoms with E-state index in [4.69, 9.17) is 37.4 Å². The van der Waals surface area contributed by atoms with Crippen LogP contribution in [0.1, 0.15) is 36.5 Å². The minimum absolute atomic E-state index is 0.274. The van der Waals surface area contributed by atoms with Gasteiger partial charge < -0.3 is 14.2 Å². The number of carbonyl (C=O) groups is 1. The van der Waals surface area contributed by atoms with Crippen molar-refractivity contribution in [3.05, 3.63) is 76.3 Å². The molecule has 172 valence electrons. The zero-order valence-corrected chi connectivity index (χ0v) is 19.9. The van der Waals surface area contributed by atoms with E-state index in [-0.39, 0.29) is 5.75 Å². The molecule has 0 saturated heterocycles. The van der Waals surface area contributed by atoms with Gasteiger partial charge in [0.2, 0.25) is 0 Å². The summed E-state index contributed by atoms with van der Waals surface area (Å²) in [6.07, 6.45) is 3.27. The molecule has 3 aromatic carbocycles. The average molecular weight is 487 g/mol. The molecule has 0 aromatic heterocycles. The van der Waals surface area contributed by atoms with Crippen LogP contribution in [0.5, 0.6) is 17.2 Å². The van der Waals surface area contributed by atoms with E-state index in [1.165, 1.54) is 7.11 Å². The van der Waals surface area contributed by atoms with Crippen LogP contribution < -0.4 is 14.2 Å². The Hall–Kier alpha value is -3.09. The molecule has 3 rings (SSSR count). The first-order valence-corrected chi connectivity index (χ1v) is 11.3. The summed E-state index contributed by atoms with van der Waals surface area (Å²) in [5.74, 6) is 0.841. The smallest absolute Gasteiger partial charge is 0.343 e. The maximum atomic E-state index is 12.6. The molecule has 8 heteroatoms. The van der Waals surface area contributed by atoms with Crippen molar-refractivity contribution in [2.75, 3.05) is 13.7 Å². The zero-order valence-electron chi connectivity index (χ0n) is 18.4. The molecule has 0 atom stereocenters. The van der Waals surface area contributed by atoms with Crippen molar-refractivity contribution in [2.45, 2.75) is 26.2 Å². The zero-order chi connectivity index (χ0) is 23.6. The molecule has 0 heterocycles. The number of benzene rings is 3. The van der Waals surface area contributed by atoms with E-state index in [1.54, 1.807) is 60.7 Å². The lowest BCUT2D eigenvalue weighted by atomic mass is 10.2. The topological polar surface area (TPSA) is 69.5 Å². The quantitative estimate of drug-likeness (QED) is 0.125. The lowest BCUT2D eigenvalue weighted by Gasteiger charge is -2.10. The lowest BCUT2D eigenvalue weighted by Crippen LogP contribution is -2.09. The van der Waals surface area contributed by atoms with Crippen molar-refractivity contribution in [3.8, 4) is 17.2 Å². The Bertz CT molecular complexity index is 1120. The van der Waals surface area contributed by atoms with Crippen LogP contribution in [0.25, 0.3) is 0 Å². The number of methoxy groups -OCH3 is 1. The van der Waals surface area contributed by atoms with Gasteiger partial charge in [-0.3, -0.25) is 0 Å². The Kier molecular flexibility index (Phi) is 9.10. The van der Waals surface area contributed by atoms with E-state index in [1.807, 2.05) is 0 Å². The average Bonchev–Trinajstić information content (AvgIpc) is 2.83. The molecule has 33 heavy (non-hydrogen) atoms. The standard InChI is InChI=1S/C25H24Cl2N2O4/c1-3-4-5-14-32-20-10-6-17(7-11-20)25(30)33-23-13-9-19(16-24(23)31-2)29-28-18-8-12-21(26)22(27)15-18/h6-13,15-16H,3-5,14H2,1-2H3. The Morgan fingerprint density at radius 2 is 1.55 bits per heavy atom. The van der Waals surface area contributed by atoms with Gasteiger partial charge in [0.05, 0.1) is 40.7 Å². The fourth-order valence-electron chi connectivity index (χ4n) is 2.85. The Morgan fingerprint density at radius 3 is 2.21 bits per heavy atom. The van der Waals surface area contributed by atoms with Crippen LogP contribution in [0.2, 0.25) is 10.0 Å². The van der Waals surface area contributed by atoms with Gasteiger partial charge in [0, 0.05) is 6.07 Å². The van der Waals surface area contributed by atoms with Gasteiger partial charge in [-0.25, -0.2) is 4.79 Å². The number of hydrogen-bond donors (Lipinski definition) is 0. The molecule has 3 aromatic rings. The Morgan fingerprint density at radius 1 is 0.848 bits per heavy atom. The summed E-state index contributed by atoms with van der Waals surface area (Å²) in [6, 6.07) is 16.7. The van der Waals surface area contributed by atoms with E-state index in [2.05, 4.69) is 17.2 Å². The summed E-state index contributed by atoms with van der Waals surface area (Å²) in [5.41, 5.74) is 1.47. The molecule has 0 N–H and O–H groups in total. The molecule has 6 nitrogen and oxygen atoms in total. The predicted molar refractivity (Wildman–Crippen MR) is 130 cm³/mol. The molecule has 0 unspecified atom stereocenters. The summed E-state index contributed by atoms with van der Waals surface area (Å²) in [5, 5.41) is 9.14. The first-order valence-electron chi connectivity index (χ1n) is 10.5. The minimum Gasteiger partial charge on any atom is -0.494 e. The molecule has 0 aliphatic carbocycles. The minimum atomic E-state index is -0.504. The Labute approximate surface area is 203 Å². The second-order valence-corrected chi connectivity index (χ2v) is 7.92. The highest BCUT2D eigenvalue weighted by molar-refractivity contribution is 6.42. The number of rotatable bonds is 10. The van der Waals surface area contributed by atoms with Crippen LogP contribution >= 0.6 is 23.2 Å². The number of unbranched alkanes of at least 4 members (excludes halogenated alkanes) is 2. The lowest BCUT2D eigenvalue weighted by molar-refractivity contribution is 0.0729. The fourth-order valence-corrected chi connectivity index (χ4v) is 3.15. The third kappa shape index (κ3) is 7.20. The molecule has 0 fully saturated rings. The number of esters is 1. The van der Waals surface area contributed by atoms with Crippen molar-refractivity contribution >= 4 is 40.5 Å². The van der Waals surface area contributed by atoms with Crippen LogP contribution in [0, 0.1) is 0 Å². The number of hydrogen-bond acceptors (Lipinski definition) is 6. The summed E-state index contributed by atoms with van der Waals surface area (Å²) >= 11 is 11.9. The molecule has 0 amide bonds. The van der Waals surface area contributed by atoms with Crippen molar-refractivity contribution < 1.29 is 19.0 Å². The van der Waals surface area contributed by atoms with Crippen LogP contribution in [0.15, 0.2) is 70.9 Å². The van der Waals surface area contributed by atoms with Crippen molar-refractivity contribution in [2.24, 2.45) is 10.2 Å². The third-order valence-electron chi connectivity index (χ3n) is 4.64. The molecule has 0 saturated carbocycles. The molecular weight excluding hydrogens is 463 g/mol. The van der Waals surface area contributed by atoms with Crippen LogP contribution in [-0.2, 0) is 0 Å². The van der Waals surface area contributed by atoms with Gasteiger partial charge in [-0.1, -0.05) is 43.0 Å². The molecule has 0 radical (unpaired) electrons. The molecule has 0 bridgehead atoms. The van der Waals surface area contributed by atoms with Crippen LogP contribution in [-0.4, -0.2) is 19.7 Å². The van der Waals surface area contributed by atoms with Gasteiger partial charge in [0.1, 0.15) is 5.75 Å². The normalized spacial score (nSPS) is 10.9. The van der Waals surface area contributed by atoms with E-state index in [0.717, 1.165) is 25.0 Å². The van der Waals surface area contributed by atoms with E-state index >= 15 is 0 Å². The van der Waals surface area contributed by atoms with Gasteiger partial charge in [-0.05, 0) is 61.0 Å². The Balaban J connectivity index is 1.65. The molecule has 0 spiro atoms. The van der Waals surface area contributed by atoms with Gasteiger partial charge in [-0.2, -0.15) is 10.2 Å². The number of halogens is 2. The highest BCUT2D eigenvalue weighted by Gasteiger charge is 2.13. The summed E-state index contributed by atoms with van der Waals surface area (Å²) < 4.78 is 16.5. The highest BCUT2D eigenvalue weighted by atomic mass is 35.5. The van der Waals surface area contributed by atoms with Crippen LogP contribution in [0.3, 0.4) is 0 Å². The van der Waals surface area contributed by atoms with Gasteiger partial charge >= 0.3 is 5.97 Å².